The zero-order valence-corrected chi connectivity index (χ0v) is 18.4. The van der Waals surface area contributed by atoms with Gasteiger partial charge in [0.1, 0.15) is 0 Å². The normalized spacial score (nSPS) is 13.3. The maximum Gasteiger partial charge on any atom is 0.158 e. The predicted octanol–water partition coefficient (Wildman–Crippen LogP) is 6.86. The van der Waals surface area contributed by atoms with Gasteiger partial charge >= 0.3 is 0 Å². The molecule has 1 saturated carbocycles. The highest BCUT2D eigenvalue weighted by Crippen LogP contribution is 2.44. The minimum atomic E-state index is 0.532. The molecule has 0 unspecified atom stereocenters. The van der Waals surface area contributed by atoms with Crippen LogP contribution in [0.1, 0.15) is 77.8 Å². The lowest BCUT2D eigenvalue weighted by Gasteiger charge is -2.15. The topological polar surface area (TPSA) is 47.6 Å². The number of benzene rings is 1. The Bertz CT molecular complexity index is 656. The Kier molecular flexibility index (Phi) is 11.7. The largest absolute Gasteiger partial charge is 0.399 e. The second-order valence-corrected chi connectivity index (χ2v) is 8.19. The van der Waals surface area contributed by atoms with E-state index >= 15 is 0 Å². The van der Waals surface area contributed by atoms with Crippen molar-refractivity contribution in [2.45, 2.75) is 66.7 Å². The quantitative estimate of drug-likeness (QED) is 0.242. The summed E-state index contributed by atoms with van der Waals surface area (Å²) in [6.45, 7) is 18.6. The molecular formula is C25H38N2O. The molecule has 1 aromatic rings. The van der Waals surface area contributed by atoms with Crippen LogP contribution in [0.25, 0.3) is 11.5 Å². The molecule has 0 heterocycles. The van der Waals surface area contributed by atoms with E-state index in [4.69, 9.17) is 10.6 Å². The molecule has 2 N–H and O–H groups in total. The summed E-state index contributed by atoms with van der Waals surface area (Å²) in [6.07, 6.45) is 14.2. The van der Waals surface area contributed by atoms with Gasteiger partial charge < -0.3 is 10.6 Å². The first kappa shape index (κ1) is 25.5. The molecule has 1 aromatic carbocycles. The Hall–Kier alpha value is -2.47. The lowest BCUT2D eigenvalue weighted by molar-refractivity contribution is 0.297. The van der Waals surface area contributed by atoms with E-state index in [2.05, 4.69) is 58.9 Å². The van der Waals surface area contributed by atoms with Gasteiger partial charge in [-0.25, -0.2) is 0 Å². The molecule has 3 nitrogen and oxygen atoms in total. The number of terminal acetylenes is 1. The van der Waals surface area contributed by atoms with E-state index in [1.54, 1.807) is 0 Å². The first-order valence-electron chi connectivity index (χ1n) is 9.93. The van der Waals surface area contributed by atoms with E-state index in [1.807, 2.05) is 31.2 Å². The standard InChI is InChI=1S/C16H22N2O.C7H14.C2H2/c1-5-6-7-12(2)18-19-14(4)16-10-8-15(9-11-16)13(3)17;1-7(2,3)6-4-5-6;1-2/h8-11H,3-7,17H2,1-2H3;6H,4-5H2,1-3H3;1-2H/b18-12+;;. The van der Waals surface area contributed by atoms with E-state index in [1.165, 1.54) is 12.8 Å². The van der Waals surface area contributed by atoms with Gasteiger partial charge in [0.25, 0.3) is 0 Å². The second kappa shape index (κ2) is 12.8. The van der Waals surface area contributed by atoms with Crippen LogP contribution in [-0.2, 0) is 4.84 Å². The molecule has 1 fully saturated rings. The SMILES string of the molecule is C#C.C=C(N)c1ccc(C(=C)O/N=C(\C)CCCC)cc1.CC(C)(C)C1CC1. The van der Waals surface area contributed by atoms with Crippen LogP contribution in [0.5, 0.6) is 0 Å². The van der Waals surface area contributed by atoms with Crippen molar-refractivity contribution >= 4 is 17.2 Å². The number of unbranched alkanes of at least 4 members (excludes halogenated alkanes) is 1. The van der Waals surface area contributed by atoms with E-state index in [-0.39, 0.29) is 0 Å². The van der Waals surface area contributed by atoms with Crippen molar-refractivity contribution in [1.82, 2.24) is 0 Å². The minimum absolute atomic E-state index is 0.532. The van der Waals surface area contributed by atoms with Crippen LogP contribution in [0.3, 0.4) is 0 Å². The van der Waals surface area contributed by atoms with Crippen molar-refractivity contribution in [2.24, 2.45) is 22.2 Å². The van der Waals surface area contributed by atoms with E-state index in [0.717, 1.165) is 42.0 Å². The molecule has 0 atom stereocenters. The third-order valence-electron chi connectivity index (χ3n) is 4.58. The lowest BCUT2D eigenvalue weighted by Crippen LogP contribution is -2.06. The molecule has 2 rings (SSSR count). The van der Waals surface area contributed by atoms with Crippen LogP contribution in [-0.4, -0.2) is 5.71 Å². The maximum atomic E-state index is 5.61. The number of hydrogen-bond acceptors (Lipinski definition) is 3. The van der Waals surface area contributed by atoms with Crippen LogP contribution in [0, 0.1) is 24.2 Å². The zero-order chi connectivity index (χ0) is 21.7. The average Bonchev–Trinajstić information content (AvgIpc) is 3.52. The monoisotopic (exact) mass is 382 g/mol. The Morgan fingerprint density at radius 1 is 1.14 bits per heavy atom. The van der Waals surface area contributed by atoms with Gasteiger partial charge in [0.05, 0.1) is 5.71 Å². The molecule has 0 aromatic heterocycles. The van der Waals surface area contributed by atoms with Crippen molar-refractivity contribution in [3.8, 4) is 12.8 Å². The molecule has 3 heteroatoms. The number of hydrogen-bond donors (Lipinski definition) is 1. The molecule has 28 heavy (non-hydrogen) atoms. The third-order valence-corrected chi connectivity index (χ3v) is 4.58. The highest BCUT2D eigenvalue weighted by molar-refractivity contribution is 5.81. The number of nitrogens with zero attached hydrogens (tertiary/aromatic N) is 1. The Labute approximate surface area is 172 Å². The van der Waals surface area contributed by atoms with Gasteiger partial charge in [0, 0.05) is 11.3 Å². The number of oxime groups is 1. The fraction of sp³-hybridized carbons (Fsp3) is 0.480. The van der Waals surface area contributed by atoms with Gasteiger partial charge in [-0.3, -0.25) is 0 Å². The molecule has 1 aliphatic rings. The fourth-order valence-electron chi connectivity index (χ4n) is 2.48. The average molecular weight is 383 g/mol. The first-order chi connectivity index (χ1) is 13.1. The summed E-state index contributed by atoms with van der Waals surface area (Å²) < 4.78 is 0. The van der Waals surface area contributed by atoms with Gasteiger partial charge in [0.15, 0.2) is 5.76 Å². The van der Waals surface area contributed by atoms with Crippen molar-refractivity contribution < 1.29 is 4.84 Å². The van der Waals surface area contributed by atoms with Gasteiger partial charge in [-0.1, -0.05) is 76.7 Å². The summed E-state index contributed by atoms with van der Waals surface area (Å²) in [5, 5.41) is 4.07. The maximum absolute atomic E-state index is 5.61. The van der Waals surface area contributed by atoms with Gasteiger partial charge in [0.2, 0.25) is 0 Å². The lowest BCUT2D eigenvalue weighted by atomic mass is 9.91. The van der Waals surface area contributed by atoms with Crippen LogP contribution in [0.4, 0.5) is 0 Å². The van der Waals surface area contributed by atoms with Crippen molar-refractivity contribution in [1.29, 1.82) is 0 Å². The third kappa shape index (κ3) is 10.6. The van der Waals surface area contributed by atoms with E-state index in [9.17, 15) is 0 Å². The van der Waals surface area contributed by atoms with Gasteiger partial charge in [-0.2, -0.15) is 0 Å². The van der Waals surface area contributed by atoms with Crippen molar-refractivity contribution in [3.63, 3.8) is 0 Å². The molecular weight excluding hydrogens is 344 g/mol. The Morgan fingerprint density at radius 2 is 1.64 bits per heavy atom. The summed E-state index contributed by atoms with van der Waals surface area (Å²) in [4.78, 5) is 5.33. The highest BCUT2D eigenvalue weighted by Gasteiger charge is 2.33. The first-order valence-corrected chi connectivity index (χ1v) is 9.93. The zero-order valence-electron chi connectivity index (χ0n) is 18.4. The van der Waals surface area contributed by atoms with Crippen molar-refractivity contribution in [2.75, 3.05) is 0 Å². The van der Waals surface area contributed by atoms with E-state index < -0.39 is 0 Å². The number of rotatable bonds is 7. The van der Waals surface area contributed by atoms with Gasteiger partial charge in [-0.15, -0.1) is 12.8 Å². The summed E-state index contributed by atoms with van der Waals surface area (Å²) in [6, 6.07) is 7.57. The van der Waals surface area contributed by atoms with Crippen LogP contribution >= 0.6 is 0 Å². The summed E-state index contributed by atoms with van der Waals surface area (Å²) in [5.41, 5.74) is 9.54. The molecule has 0 amide bonds. The predicted molar refractivity (Wildman–Crippen MR) is 124 cm³/mol. The smallest absolute Gasteiger partial charge is 0.158 e. The highest BCUT2D eigenvalue weighted by atomic mass is 16.6. The van der Waals surface area contributed by atoms with Crippen molar-refractivity contribution in [3.05, 3.63) is 48.6 Å². The van der Waals surface area contributed by atoms with Crippen LogP contribution < -0.4 is 5.73 Å². The molecule has 0 radical (unpaired) electrons. The van der Waals surface area contributed by atoms with Gasteiger partial charge in [-0.05, 0) is 49.5 Å². The number of nitrogens with two attached hydrogens (primary N) is 1. The fourth-order valence-corrected chi connectivity index (χ4v) is 2.48. The van der Waals surface area contributed by atoms with Crippen LogP contribution in [0.15, 0.2) is 42.6 Å². The molecule has 1 aliphatic carbocycles. The molecule has 0 aliphatic heterocycles. The van der Waals surface area contributed by atoms with E-state index in [0.29, 0.717) is 16.9 Å². The Balaban J connectivity index is 0.000000670. The molecule has 0 spiro atoms. The summed E-state index contributed by atoms with van der Waals surface area (Å²) in [5.74, 6) is 1.58. The minimum Gasteiger partial charge on any atom is -0.399 e. The molecule has 154 valence electrons. The molecule has 0 saturated heterocycles. The Morgan fingerprint density at radius 3 is 2.00 bits per heavy atom. The summed E-state index contributed by atoms with van der Waals surface area (Å²) >= 11 is 0. The molecule has 0 bridgehead atoms. The summed E-state index contributed by atoms with van der Waals surface area (Å²) in [7, 11) is 0. The van der Waals surface area contributed by atoms with Crippen LogP contribution in [0.2, 0.25) is 0 Å². The second-order valence-electron chi connectivity index (χ2n) is 8.19.